The Balaban J connectivity index is 1.98. The van der Waals surface area contributed by atoms with Gasteiger partial charge in [0.15, 0.2) is 5.17 Å². The summed E-state index contributed by atoms with van der Waals surface area (Å²) in [6, 6.07) is -0.367. The Morgan fingerprint density at radius 3 is 2.83 bits per heavy atom. The first-order valence-electron chi connectivity index (χ1n) is 6.27. The largest absolute Gasteiger partial charge is 0.394 e. The molecule has 0 saturated carbocycles. The number of unbranched alkanes of at least 4 members (excludes halogenated alkanes) is 1. The third kappa shape index (κ3) is 2.80. The zero-order valence-corrected chi connectivity index (χ0v) is 11.1. The number of hydrogen-bond acceptors (Lipinski definition) is 6. The molecule has 18 heavy (non-hydrogen) atoms. The van der Waals surface area contributed by atoms with Crippen molar-refractivity contribution in [2.75, 3.05) is 13.2 Å². The van der Waals surface area contributed by atoms with Gasteiger partial charge in [0.25, 0.3) is 0 Å². The Labute approximate surface area is 110 Å². The van der Waals surface area contributed by atoms with E-state index in [1.54, 1.807) is 0 Å². The fourth-order valence-corrected chi connectivity index (χ4v) is 3.21. The zero-order valence-electron chi connectivity index (χ0n) is 10.3. The molecule has 0 spiro atoms. The van der Waals surface area contributed by atoms with Gasteiger partial charge in [-0.15, -0.1) is 0 Å². The summed E-state index contributed by atoms with van der Waals surface area (Å²) in [5.74, 6) is 0. The molecule has 4 N–H and O–H groups in total. The molecule has 0 radical (unpaired) electrons. The van der Waals surface area contributed by atoms with Crippen LogP contribution in [-0.2, 0) is 4.74 Å². The van der Waals surface area contributed by atoms with Crippen molar-refractivity contribution in [1.82, 2.24) is 5.32 Å². The Bertz CT molecular complexity index is 315. The van der Waals surface area contributed by atoms with Crippen LogP contribution in [0.3, 0.4) is 0 Å². The lowest BCUT2D eigenvalue weighted by Crippen LogP contribution is -2.59. The molecule has 0 unspecified atom stereocenters. The summed E-state index contributed by atoms with van der Waals surface area (Å²) < 4.78 is 5.54. The van der Waals surface area contributed by atoms with Gasteiger partial charge in [0.1, 0.15) is 23.7 Å². The molecule has 0 bridgehead atoms. The molecule has 0 aliphatic carbocycles. The monoisotopic (exact) mass is 276 g/mol. The Hall–Kier alpha value is -0.340. The maximum atomic E-state index is 9.97. The standard InChI is InChI=1S/C11H20N2O4S/c1-2-3-4-12-11-13-7-9(16)8(15)6(5-14)17-10(7)18-11/h6-10,14-16H,2-5H2,1H3,(H,12,13)/t6-,7+,8-,9-,10+/m1/s1. The van der Waals surface area contributed by atoms with E-state index in [2.05, 4.69) is 17.2 Å². The van der Waals surface area contributed by atoms with Crippen LogP contribution in [0.15, 0.2) is 4.99 Å². The molecule has 5 atom stereocenters. The van der Waals surface area contributed by atoms with E-state index >= 15 is 0 Å². The number of hydrogen-bond donors (Lipinski definition) is 4. The van der Waals surface area contributed by atoms with E-state index < -0.39 is 18.3 Å². The minimum absolute atomic E-state index is 0.301. The van der Waals surface area contributed by atoms with Crippen molar-refractivity contribution in [2.24, 2.45) is 4.99 Å². The molecule has 7 heteroatoms. The minimum Gasteiger partial charge on any atom is -0.394 e. The summed E-state index contributed by atoms with van der Waals surface area (Å²) in [5.41, 5.74) is -0.305. The molecule has 2 rings (SSSR count). The number of ether oxygens (including phenoxy) is 1. The maximum Gasteiger partial charge on any atom is 0.159 e. The van der Waals surface area contributed by atoms with Gasteiger partial charge in [0.2, 0.25) is 0 Å². The highest BCUT2D eigenvalue weighted by atomic mass is 32.2. The van der Waals surface area contributed by atoms with E-state index in [9.17, 15) is 10.2 Å². The second-order valence-corrected chi connectivity index (χ2v) is 5.62. The number of amidine groups is 1. The summed E-state index contributed by atoms with van der Waals surface area (Å²) in [4.78, 5) is 4.38. The number of rotatable bonds is 4. The van der Waals surface area contributed by atoms with Crippen LogP contribution in [0, 0.1) is 0 Å². The molecule has 2 saturated heterocycles. The van der Waals surface area contributed by atoms with Crippen LogP contribution in [0.4, 0.5) is 0 Å². The summed E-state index contributed by atoms with van der Waals surface area (Å²) in [7, 11) is 0. The van der Waals surface area contributed by atoms with Gasteiger partial charge in [-0.25, -0.2) is 0 Å². The maximum absolute atomic E-state index is 9.97. The van der Waals surface area contributed by atoms with Crippen molar-refractivity contribution in [3.8, 4) is 0 Å². The zero-order chi connectivity index (χ0) is 13.1. The number of aliphatic imine (C=N–C) groups is 1. The van der Waals surface area contributed by atoms with Gasteiger partial charge in [-0.05, 0) is 6.42 Å². The summed E-state index contributed by atoms with van der Waals surface area (Å²) in [6.45, 7) is 2.54. The molecular formula is C11H20N2O4S. The van der Waals surface area contributed by atoms with Gasteiger partial charge >= 0.3 is 0 Å². The van der Waals surface area contributed by atoms with Crippen LogP contribution >= 0.6 is 11.8 Å². The van der Waals surface area contributed by atoms with Crippen molar-refractivity contribution in [3.63, 3.8) is 0 Å². The molecule has 2 aliphatic rings. The Morgan fingerprint density at radius 2 is 2.17 bits per heavy atom. The number of nitrogens with zero attached hydrogens (tertiary/aromatic N) is 1. The highest BCUT2D eigenvalue weighted by Gasteiger charge is 2.48. The first-order chi connectivity index (χ1) is 8.67. The first-order valence-corrected chi connectivity index (χ1v) is 7.15. The number of nitrogens with one attached hydrogen (secondary N) is 1. The van der Waals surface area contributed by atoms with E-state index in [4.69, 9.17) is 9.84 Å². The highest BCUT2D eigenvalue weighted by molar-refractivity contribution is 8.14. The molecule has 0 amide bonds. The summed E-state index contributed by atoms with van der Waals surface area (Å²) in [6.07, 6.45) is -0.650. The third-order valence-electron chi connectivity index (χ3n) is 3.17. The lowest BCUT2D eigenvalue weighted by Gasteiger charge is -2.38. The lowest BCUT2D eigenvalue weighted by atomic mass is 9.98. The normalized spacial score (nSPS) is 41.8. The van der Waals surface area contributed by atoms with Crippen LogP contribution in [0.2, 0.25) is 0 Å². The fraction of sp³-hybridized carbons (Fsp3) is 0.909. The smallest absolute Gasteiger partial charge is 0.159 e. The van der Waals surface area contributed by atoms with Crippen LogP contribution in [-0.4, -0.2) is 63.4 Å². The Kier molecular flexibility index (Phi) is 4.85. The second-order valence-electron chi connectivity index (χ2n) is 4.54. The van der Waals surface area contributed by atoms with Crippen LogP contribution in [0.5, 0.6) is 0 Å². The second kappa shape index (κ2) is 6.21. The van der Waals surface area contributed by atoms with E-state index in [0.29, 0.717) is 0 Å². The SMILES string of the molecule is CCCCN=C1N[C@H]2[C@@H](O)[C@H](O)[C@@H](CO)O[C@H]2S1. The van der Waals surface area contributed by atoms with Gasteiger partial charge in [-0.1, -0.05) is 25.1 Å². The highest BCUT2D eigenvalue weighted by Crippen LogP contribution is 2.33. The van der Waals surface area contributed by atoms with Crippen LogP contribution in [0.25, 0.3) is 0 Å². The van der Waals surface area contributed by atoms with Crippen molar-refractivity contribution in [1.29, 1.82) is 0 Å². The van der Waals surface area contributed by atoms with Crippen LogP contribution < -0.4 is 5.32 Å². The van der Waals surface area contributed by atoms with Gasteiger partial charge in [-0.3, -0.25) is 4.99 Å². The summed E-state index contributed by atoms with van der Waals surface area (Å²) >= 11 is 1.40. The molecule has 2 heterocycles. The van der Waals surface area contributed by atoms with Crippen molar-refractivity contribution in [3.05, 3.63) is 0 Å². The van der Waals surface area contributed by atoms with Crippen molar-refractivity contribution in [2.45, 2.75) is 49.6 Å². The molecule has 2 aliphatic heterocycles. The molecule has 0 aromatic rings. The number of aliphatic hydroxyl groups is 3. The number of fused-ring (bicyclic) bond motifs is 1. The number of aliphatic hydroxyl groups excluding tert-OH is 3. The van der Waals surface area contributed by atoms with Gasteiger partial charge in [0.05, 0.1) is 12.6 Å². The third-order valence-corrected chi connectivity index (χ3v) is 4.27. The molecule has 6 nitrogen and oxygen atoms in total. The molecule has 104 valence electrons. The molecule has 0 aromatic heterocycles. The van der Waals surface area contributed by atoms with Crippen molar-refractivity contribution >= 4 is 16.9 Å². The fourth-order valence-electron chi connectivity index (χ4n) is 2.04. The van der Waals surface area contributed by atoms with Crippen molar-refractivity contribution < 1.29 is 20.1 Å². The quantitative estimate of drug-likeness (QED) is 0.507. The summed E-state index contributed by atoms with van der Waals surface area (Å²) in [5, 5.41) is 32.6. The van der Waals surface area contributed by atoms with E-state index in [0.717, 1.165) is 24.6 Å². The van der Waals surface area contributed by atoms with E-state index in [-0.39, 0.29) is 18.1 Å². The van der Waals surface area contributed by atoms with Crippen LogP contribution in [0.1, 0.15) is 19.8 Å². The molecule has 2 fully saturated rings. The lowest BCUT2D eigenvalue weighted by molar-refractivity contribution is -0.167. The average Bonchev–Trinajstić information content (AvgIpc) is 2.77. The van der Waals surface area contributed by atoms with Gasteiger partial charge in [0, 0.05) is 6.54 Å². The predicted molar refractivity (Wildman–Crippen MR) is 69.5 cm³/mol. The average molecular weight is 276 g/mol. The first kappa shape index (κ1) is 14.1. The molecule has 0 aromatic carbocycles. The van der Waals surface area contributed by atoms with Gasteiger partial charge < -0.3 is 25.4 Å². The topological polar surface area (TPSA) is 94.3 Å². The van der Waals surface area contributed by atoms with E-state index in [1.807, 2.05) is 0 Å². The molecular weight excluding hydrogens is 256 g/mol. The minimum atomic E-state index is -1.07. The Morgan fingerprint density at radius 1 is 1.39 bits per heavy atom. The van der Waals surface area contributed by atoms with Gasteiger partial charge in [-0.2, -0.15) is 0 Å². The van der Waals surface area contributed by atoms with E-state index in [1.165, 1.54) is 11.8 Å². The number of thioether (sulfide) groups is 1. The predicted octanol–water partition coefficient (Wildman–Crippen LogP) is -0.713.